The van der Waals surface area contributed by atoms with E-state index in [0.717, 1.165) is 21.1 Å². The molecule has 1 saturated carbocycles. The molecule has 0 N–H and O–H groups in total. The van der Waals surface area contributed by atoms with Gasteiger partial charge in [0.05, 0.1) is 22.9 Å². The van der Waals surface area contributed by atoms with Crippen LogP contribution in [0, 0.1) is 4.77 Å². The van der Waals surface area contributed by atoms with Crippen molar-refractivity contribution in [3.8, 4) is 0 Å². The first-order valence-corrected chi connectivity index (χ1v) is 9.46. The maximum atomic E-state index is 5.56. The Hall–Kier alpha value is -1.57. The molecule has 1 aliphatic carbocycles. The van der Waals surface area contributed by atoms with Crippen LogP contribution >= 0.6 is 23.6 Å². The second-order valence-electron chi connectivity index (χ2n) is 6.57. The van der Waals surface area contributed by atoms with Crippen molar-refractivity contribution in [3.05, 3.63) is 39.9 Å². The molecule has 0 radical (unpaired) electrons. The lowest BCUT2D eigenvalue weighted by Gasteiger charge is -2.22. The van der Waals surface area contributed by atoms with Gasteiger partial charge in [-0.1, -0.05) is 12.1 Å². The van der Waals surface area contributed by atoms with Gasteiger partial charge in [-0.25, -0.2) is 9.67 Å². The molecule has 1 fully saturated rings. The van der Waals surface area contributed by atoms with Gasteiger partial charge >= 0.3 is 0 Å². The molecule has 24 heavy (non-hydrogen) atoms. The second-order valence-corrected chi connectivity index (χ2v) is 8.00. The Bertz CT molecular complexity index is 901. The number of nitrogens with zero attached hydrogens (tertiary/aromatic N) is 5. The van der Waals surface area contributed by atoms with Crippen LogP contribution in [0.1, 0.15) is 42.6 Å². The van der Waals surface area contributed by atoms with Gasteiger partial charge in [-0.2, -0.15) is 5.10 Å². The normalized spacial score (nSPS) is 16.2. The first-order chi connectivity index (χ1) is 11.5. The minimum absolute atomic E-state index is 0.218. The van der Waals surface area contributed by atoms with Crippen LogP contribution in [-0.4, -0.2) is 31.3 Å². The van der Waals surface area contributed by atoms with Crippen LogP contribution in [0.3, 0.4) is 0 Å². The van der Waals surface area contributed by atoms with E-state index in [-0.39, 0.29) is 6.04 Å². The zero-order chi connectivity index (χ0) is 16.8. The van der Waals surface area contributed by atoms with Crippen molar-refractivity contribution in [2.75, 3.05) is 7.05 Å². The van der Waals surface area contributed by atoms with Gasteiger partial charge in [0.2, 0.25) is 0 Å². The average molecular weight is 360 g/mol. The van der Waals surface area contributed by atoms with E-state index in [0.29, 0.717) is 12.6 Å². The highest BCUT2D eigenvalue weighted by molar-refractivity contribution is 7.71. The molecule has 0 spiro atoms. The zero-order valence-electron chi connectivity index (χ0n) is 14.1. The lowest BCUT2D eigenvalue weighted by Crippen LogP contribution is -2.26. The fourth-order valence-electron chi connectivity index (χ4n) is 2.88. The zero-order valence-corrected chi connectivity index (χ0v) is 15.8. The number of hydrogen-bond donors (Lipinski definition) is 0. The molecule has 3 aromatic rings. The van der Waals surface area contributed by atoms with E-state index in [9.17, 15) is 0 Å². The fourth-order valence-corrected chi connectivity index (χ4v) is 4.16. The number of aromatic nitrogens is 4. The predicted molar refractivity (Wildman–Crippen MR) is 99.8 cm³/mol. The lowest BCUT2D eigenvalue weighted by molar-refractivity contribution is 0.194. The molecule has 1 aliphatic rings. The highest BCUT2D eigenvalue weighted by Crippen LogP contribution is 2.39. The standard InChI is InChI=1S/C17H21N5S2/c1-11(16-18-13-6-4-5-7-14(13)24-16)20(2)10-22-17(23)21(3)15(19-22)12-8-9-12/h4-7,11-12H,8-10H2,1-3H3/t11-/m0/s1. The molecule has 2 aromatic heterocycles. The van der Waals surface area contributed by atoms with Gasteiger partial charge in [0.15, 0.2) is 4.77 Å². The summed E-state index contributed by atoms with van der Waals surface area (Å²) >= 11 is 7.32. The lowest BCUT2D eigenvalue weighted by atomic mass is 10.3. The van der Waals surface area contributed by atoms with Crippen molar-refractivity contribution < 1.29 is 0 Å². The van der Waals surface area contributed by atoms with Gasteiger partial charge < -0.3 is 4.57 Å². The number of rotatable bonds is 5. The molecule has 1 aromatic carbocycles. The summed E-state index contributed by atoms with van der Waals surface area (Å²) in [6.45, 7) is 2.86. The van der Waals surface area contributed by atoms with Crippen molar-refractivity contribution in [1.82, 2.24) is 24.2 Å². The van der Waals surface area contributed by atoms with Crippen molar-refractivity contribution in [1.29, 1.82) is 0 Å². The number of para-hydroxylation sites is 1. The summed E-state index contributed by atoms with van der Waals surface area (Å²) in [5, 5.41) is 5.88. The maximum absolute atomic E-state index is 5.56. The monoisotopic (exact) mass is 359 g/mol. The van der Waals surface area contributed by atoms with Gasteiger partial charge in [-0.05, 0) is 51.2 Å². The number of hydrogen-bond acceptors (Lipinski definition) is 5. The van der Waals surface area contributed by atoms with E-state index in [1.54, 1.807) is 11.3 Å². The molecule has 126 valence electrons. The third kappa shape index (κ3) is 2.81. The Kier molecular flexibility index (Phi) is 4.02. The number of benzene rings is 1. The quantitative estimate of drug-likeness (QED) is 0.643. The van der Waals surface area contributed by atoms with Crippen molar-refractivity contribution >= 4 is 33.8 Å². The minimum atomic E-state index is 0.218. The van der Waals surface area contributed by atoms with Crippen LogP contribution in [-0.2, 0) is 13.7 Å². The summed E-state index contributed by atoms with van der Waals surface area (Å²) in [6.07, 6.45) is 2.47. The van der Waals surface area contributed by atoms with Crippen molar-refractivity contribution in [2.45, 2.75) is 38.4 Å². The molecule has 7 heteroatoms. The van der Waals surface area contributed by atoms with Crippen LogP contribution in [0.25, 0.3) is 10.2 Å². The maximum Gasteiger partial charge on any atom is 0.198 e. The first-order valence-electron chi connectivity index (χ1n) is 8.24. The molecule has 0 saturated heterocycles. The molecule has 0 unspecified atom stereocenters. The molecular weight excluding hydrogens is 338 g/mol. The van der Waals surface area contributed by atoms with E-state index >= 15 is 0 Å². The summed E-state index contributed by atoms with van der Waals surface area (Å²) in [6, 6.07) is 8.51. The van der Waals surface area contributed by atoms with Crippen LogP contribution in [0.15, 0.2) is 24.3 Å². The molecular formula is C17H21N5S2. The summed E-state index contributed by atoms with van der Waals surface area (Å²) in [7, 11) is 4.13. The average Bonchev–Trinajstić information content (AvgIpc) is 3.27. The SMILES string of the molecule is C[C@@H](c1nc2ccccc2s1)N(C)Cn1nc(C2CC2)n(C)c1=S. The van der Waals surface area contributed by atoms with E-state index in [1.165, 1.54) is 17.5 Å². The fraction of sp³-hybridized carbons (Fsp3) is 0.471. The van der Waals surface area contributed by atoms with E-state index in [4.69, 9.17) is 22.3 Å². The van der Waals surface area contributed by atoms with Crippen molar-refractivity contribution in [2.24, 2.45) is 7.05 Å². The van der Waals surface area contributed by atoms with E-state index in [1.807, 2.05) is 17.8 Å². The molecule has 0 aliphatic heterocycles. The summed E-state index contributed by atoms with van der Waals surface area (Å²) in [5.74, 6) is 1.73. The van der Waals surface area contributed by atoms with E-state index < -0.39 is 0 Å². The van der Waals surface area contributed by atoms with Crippen molar-refractivity contribution in [3.63, 3.8) is 0 Å². The van der Waals surface area contributed by atoms with Crippen LogP contribution < -0.4 is 0 Å². The van der Waals surface area contributed by atoms with Gasteiger partial charge in [0.25, 0.3) is 0 Å². The third-order valence-corrected chi connectivity index (χ3v) is 6.39. The molecule has 4 rings (SSSR count). The molecule has 0 amide bonds. The van der Waals surface area contributed by atoms with Crippen LogP contribution in [0.4, 0.5) is 0 Å². The Balaban J connectivity index is 1.56. The first kappa shape index (κ1) is 15.9. The smallest absolute Gasteiger partial charge is 0.198 e. The van der Waals surface area contributed by atoms with Gasteiger partial charge in [-0.3, -0.25) is 4.90 Å². The Labute approximate surface area is 150 Å². The minimum Gasteiger partial charge on any atom is -0.307 e. The number of thiazole rings is 1. The largest absolute Gasteiger partial charge is 0.307 e. The molecule has 5 nitrogen and oxygen atoms in total. The highest BCUT2D eigenvalue weighted by atomic mass is 32.1. The Morgan fingerprint density at radius 2 is 2.12 bits per heavy atom. The van der Waals surface area contributed by atoms with Crippen LogP contribution in [0.2, 0.25) is 0 Å². The third-order valence-electron chi connectivity index (χ3n) is 4.70. The topological polar surface area (TPSA) is 38.9 Å². The van der Waals surface area contributed by atoms with Gasteiger partial charge in [-0.15, -0.1) is 11.3 Å². The summed E-state index contributed by atoms with van der Waals surface area (Å²) in [4.78, 5) is 7.02. The summed E-state index contributed by atoms with van der Waals surface area (Å²) in [5.41, 5.74) is 1.07. The van der Waals surface area contributed by atoms with Gasteiger partial charge in [0, 0.05) is 13.0 Å². The van der Waals surface area contributed by atoms with E-state index in [2.05, 4.69) is 41.6 Å². The summed E-state index contributed by atoms with van der Waals surface area (Å²) < 4.78 is 6.02. The molecule has 2 heterocycles. The number of fused-ring (bicyclic) bond motifs is 1. The molecule has 1 atom stereocenters. The Morgan fingerprint density at radius 1 is 1.38 bits per heavy atom. The van der Waals surface area contributed by atoms with Crippen LogP contribution in [0.5, 0.6) is 0 Å². The van der Waals surface area contributed by atoms with Gasteiger partial charge in [0.1, 0.15) is 10.8 Å². The molecule has 0 bridgehead atoms. The predicted octanol–water partition coefficient (Wildman–Crippen LogP) is 4.09. The Morgan fingerprint density at radius 3 is 2.83 bits per heavy atom. The highest BCUT2D eigenvalue weighted by Gasteiger charge is 2.29. The second kappa shape index (κ2) is 6.06.